The lowest BCUT2D eigenvalue weighted by atomic mass is 10.1. The molecule has 0 fully saturated rings. The summed E-state index contributed by atoms with van der Waals surface area (Å²) in [6.07, 6.45) is 4.65. The fraction of sp³-hybridized carbons (Fsp3) is 0.0714. The Labute approximate surface area is 398 Å². The first kappa shape index (κ1) is 42.3. The molecule has 6 heterocycles. The molecule has 0 spiro atoms. The molecule has 0 bridgehead atoms. The second kappa shape index (κ2) is 17.5. The molecule has 12 aromatic rings. The van der Waals surface area contributed by atoms with Gasteiger partial charge in [-0.05, 0) is 97.1 Å². The maximum Gasteiger partial charge on any atom is 0.219 e. The van der Waals surface area contributed by atoms with Crippen LogP contribution in [-0.4, -0.2) is 49.2 Å². The highest BCUT2D eigenvalue weighted by Crippen LogP contribution is 2.40. The minimum absolute atomic E-state index is 0.110. The van der Waals surface area contributed by atoms with E-state index in [2.05, 4.69) is 98.1 Å². The van der Waals surface area contributed by atoms with E-state index < -0.39 is 0 Å². The van der Waals surface area contributed by atoms with Gasteiger partial charge in [0.25, 0.3) is 0 Å². The van der Waals surface area contributed by atoms with Crippen LogP contribution in [0.25, 0.3) is 75.8 Å². The van der Waals surface area contributed by atoms with Crippen molar-refractivity contribution in [1.82, 2.24) is 28.7 Å². The molecule has 4 N–H and O–H groups in total. The Kier molecular flexibility index (Phi) is 10.9. The third-order valence-electron chi connectivity index (χ3n) is 12.0. The first-order valence-corrected chi connectivity index (χ1v) is 23.7. The molecule has 6 aromatic carbocycles. The molecule has 0 aliphatic carbocycles. The van der Waals surface area contributed by atoms with Gasteiger partial charge in [-0.25, -0.2) is 19.9 Å². The molecular formula is C56H42N6O4S2. The van der Waals surface area contributed by atoms with Crippen LogP contribution < -0.4 is 0 Å². The maximum absolute atomic E-state index is 11.2. The summed E-state index contributed by atoms with van der Waals surface area (Å²) in [5.74, 6) is 0.610. The number of imidazole rings is 2. The van der Waals surface area contributed by atoms with Crippen molar-refractivity contribution in [2.24, 2.45) is 0 Å². The third kappa shape index (κ3) is 8.16. The quantitative estimate of drug-likeness (QED) is 0.118. The molecule has 0 radical (unpaired) electrons. The number of benzene rings is 6. The third-order valence-corrected chi connectivity index (χ3v) is 14.1. The van der Waals surface area contributed by atoms with Crippen LogP contribution in [0.15, 0.2) is 169 Å². The summed E-state index contributed by atoms with van der Waals surface area (Å²) in [4.78, 5) is 20.7. The number of aromatic nitrogens is 6. The fourth-order valence-electron chi connectivity index (χ4n) is 8.35. The molecule has 0 amide bonds. The second-order valence-corrected chi connectivity index (χ2v) is 18.8. The number of phenolic OH excluding ortho intramolecular Hbond substituents is 2. The van der Waals surface area contributed by atoms with Gasteiger partial charge < -0.3 is 20.4 Å². The lowest BCUT2D eigenvalue weighted by Gasteiger charge is -2.08. The summed E-state index contributed by atoms with van der Waals surface area (Å²) >= 11 is 3.32. The van der Waals surface area contributed by atoms with E-state index in [1.807, 2.05) is 48.5 Å². The summed E-state index contributed by atoms with van der Waals surface area (Å²) in [5, 5.41) is 46.2. The Balaban J connectivity index is 0.000000149. The first-order chi connectivity index (χ1) is 33.1. The highest BCUT2D eigenvalue weighted by Gasteiger charge is 2.22. The van der Waals surface area contributed by atoms with Crippen LogP contribution >= 0.6 is 22.7 Å². The van der Waals surface area contributed by atoms with E-state index in [0.717, 1.165) is 49.2 Å². The second-order valence-electron chi connectivity index (χ2n) is 16.8. The van der Waals surface area contributed by atoms with Gasteiger partial charge in [-0.3, -0.25) is 8.80 Å². The summed E-state index contributed by atoms with van der Waals surface area (Å²) in [5.41, 5.74) is 12.5. The highest BCUT2D eigenvalue weighted by molar-refractivity contribution is 7.22. The Hall–Kier alpha value is -8.32. The van der Waals surface area contributed by atoms with Gasteiger partial charge in [0.15, 0.2) is 11.3 Å². The lowest BCUT2D eigenvalue weighted by molar-refractivity contribution is 0.442. The van der Waals surface area contributed by atoms with Gasteiger partial charge in [0.2, 0.25) is 11.8 Å². The number of rotatable bonds is 8. The Morgan fingerprint density at radius 1 is 0.500 bits per heavy atom. The number of nitrogens with zero attached hydrogens (tertiary/aromatic N) is 6. The van der Waals surface area contributed by atoms with Crippen LogP contribution in [0.2, 0.25) is 0 Å². The van der Waals surface area contributed by atoms with Crippen molar-refractivity contribution in [3.05, 3.63) is 203 Å². The summed E-state index contributed by atoms with van der Waals surface area (Å²) in [6, 6.07) is 48.9. The van der Waals surface area contributed by atoms with Crippen molar-refractivity contribution in [2.75, 3.05) is 0 Å². The van der Waals surface area contributed by atoms with Crippen molar-refractivity contribution < 1.29 is 20.4 Å². The summed E-state index contributed by atoms with van der Waals surface area (Å²) in [6.45, 7) is 4.11. The number of aromatic hydroxyl groups is 4. The Morgan fingerprint density at radius 2 is 0.985 bits per heavy atom. The van der Waals surface area contributed by atoms with Crippen LogP contribution in [0.5, 0.6) is 23.3 Å². The van der Waals surface area contributed by atoms with Gasteiger partial charge in [0, 0.05) is 62.1 Å². The molecule has 68 heavy (non-hydrogen) atoms. The molecular weight excluding hydrogens is 885 g/mol. The van der Waals surface area contributed by atoms with Gasteiger partial charge in [-0.1, -0.05) is 96.1 Å². The van der Waals surface area contributed by atoms with Crippen molar-refractivity contribution in [1.29, 1.82) is 0 Å². The van der Waals surface area contributed by atoms with E-state index in [-0.39, 0.29) is 23.3 Å². The van der Waals surface area contributed by atoms with E-state index in [4.69, 9.17) is 19.9 Å². The summed E-state index contributed by atoms with van der Waals surface area (Å²) < 4.78 is 5.78. The predicted molar refractivity (Wildman–Crippen MR) is 273 cm³/mol. The van der Waals surface area contributed by atoms with E-state index in [0.29, 0.717) is 52.6 Å². The van der Waals surface area contributed by atoms with E-state index in [1.165, 1.54) is 20.5 Å². The van der Waals surface area contributed by atoms with E-state index in [9.17, 15) is 20.4 Å². The average molecular weight is 927 g/mol. The minimum atomic E-state index is 0.110. The molecule has 0 unspecified atom stereocenters. The zero-order valence-corrected chi connectivity index (χ0v) is 38.5. The topological polar surface area (TPSA) is 141 Å². The standard InChI is InChI=1S/2C28H21N3O2S/c1-17-6-8-18(9-7-17)14-23-28(33)31-15-24(19-10-12-20(32)13-11-19)29-26(27(31)30-23)22-16-34-25-5-3-2-4-21(22)25;1-17-6-8-18(9-7-17)14-22-28(33)31-16-23(19-10-12-21(32)13-11-19)29-26(27(31)30-22)25-15-20-4-2-3-5-24(20)34-25/h2*2-13,15-16,32-33H,14H2,1H3. The minimum Gasteiger partial charge on any atom is -0.508 e. The number of fused-ring (bicyclic) bond motifs is 4. The van der Waals surface area contributed by atoms with E-state index in [1.54, 1.807) is 68.1 Å². The smallest absolute Gasteiger partial charge is 0.219 e. The Morgan fingerprint density at radius 3 is 1.53 bits per heavy atom. The van der Waals surface area contributed by atoms with Crippen LogP contribution in [0.4, 0.5) is 0 Å². The number of hydrogen-bond acceptors (Lipinski definition) is 10. The Bertz CT molecular complexity index is 3760. The molecule has 0 aliphatic heterocycles. The molecule has 0 saturated carbocycles. The van der Waals surface area contributed by atoms with Gasteiger partial charge >= 0.3 is 0 Å². The molecule has 0 saturated heterocycles. The van der Waals surface area contributed by atoms with E-state index >= 15 is 0 Å². The monoisotopic (exact) mass is 926 g/mol. The predicted octanol–water partition coefficient (Wildman–Crippen LogP) is 13.2. The van der Waals surface area contributed by atoms with Gasteiger partial charge in [-0.2, -0.15) is 0 Å². The number of hydrogen-bond donors (Lipinski definition) is 4. The first-order valence-electron chi connectivity index (χ1n) is 22.0. The van der Waals surface area contributed by atoms with Gasteiger partial charge in [-0.15, -0.1) is 22.7 Å². The van der Waals surface area contributed by atoms with Crippen LogP contribution in [0, 0.1) is 13.8 Å². The van der Waals surface area contributed by atoms with Crippen molar-refractivity contribution in [3.63, 3.8) is 0 Å². The lowest BCUT2D eigenvalue weighted by Crippen LogP contribution is -1.96. The largest absolute Gasteiger partial charge is 0.508 e. The number of aryl methyl sites for hydroxylation is 2. The zero-order chi connectivity index (χ0) is 46.5. The molecule has 10 nitrogen and oxygen atoms in total. The molecule has 6 aromatic heterocycles. The van der Waals surface area contributed by atoms with Crippen LogP contribution in [0.3, 0.4) is 0 Å². The van der Waals surface area contributed by atoms with Gasteiger partial charge in [0.1, 0.15) is 34.3 Å². The SMILES string of the molecule is Cc1ccc(Cc2nc3c(-c4cc5ccccc5s4)nc(-c4ccc(O)cc4)cn3c2O)cc1.Cc1ccc(Cc2nc3c(-c4csc5ccccc45)nc(-c4ccc(O)cc4)cn3c2O)cc1. The van der Waals surface area contributed by atoms with Crippen molar-refractivity contribution in [3.8, 4) is 67.6 Å². The zero-order valence-electron chi connectivity index (χ0n) is 36.9. The fourth-order valence-corrected chi connectivity index (χ4v) is 10.3. The molecule has 332 valence electrons. The number of phenols is 2. The molecule has 0 atom stereocenters. The maximum atomic E-state index is 11.2. The highest BCUT2D eigenvalue weighted by atomic mass is 32.1. The number of thiophene rings is 2. The summed E-state index contributed by atoms with van der Waals surface area (Å²) in [7, 11) is 0. The van der Waals surface area contributed by atoms with Crippen molar-refractivity contribution >= 4 is 54.1 Å². The average Bonchev–Trinajstić information content (AvgIpc) is 4.14. The molecule has 0 aliphatic rings. The van der Waals surface area contributed by atoms with Crippen molar-refractivity contribution in [2.45, 2.75) is 26.7 Å². The normalized spacial score (nSPS) is 11.4. The van der Waals surface area contributed by atoms with Crippen LogP contribution in [-0.2, 0) is 12.8 Å². The molecule has 12 rings (SSSR count). The van der Waals surface area contributed by atoms with Crippen LogP contribution in [0.1, 0.15) is 33.6 Å². The molecule has 12 heteroatoms. The van der Waals surface area contributed by atoms with Gasteiger partial charge in [0.05, 0.1) is 16.3 Å².